The summed E-state index contributed by atoms with van der Waals surface area (Å²) in [4.78, 5) is 18.0. The number of benzene rings is 1. The lowest BCUT2D eigenvalue weighted by molar-refractivity contribution is 0.0983. The maximum absolute atomic E-state index is 11.8. The lowest BCUT2D eigenvalue weighted by atomic mass is 10.1. The second-order valence-electron chi connectivity index (χ2n) is 6.55. The van der Waals surface area contributed by atoms with Crippen LogP contribution in [0.1, 0.15) is 30.9 Å². The molecule has 0 unspecified atom stereocenters. The zero-order chi connectivity index (χ0) is 19.1. The third kappa shape index (κ3) is 5.29. The van der Waals surface area contributed by atoms with Gasteiger partial charge in [-0.3, -0.25) is 0 Å². The second kappa shape index (κ2) is 9.16. The van der Waals surface area contributed by atoms with Crippen LogP contribution in [0.5, 0.6) is 0 Å². The topological polar surface area (TPSA) is 92.3 Å². The highest BCUT2D eigenvalue weighted by Gasteiger charge is 2.24. The molecular weight excluding hydrogens is 344 g/mol. The number of rotatable bonds is 6. The maximum atomic E-state index is 11.8. The van der Waals surface area contributed by atoms with Gasteiger partial charge in [-0.1, -0.05) is 24.3 Å². The summed E-state index contributed by atoms with van der Waals surface area (Å²) in [7, 11) is 0. The Labute approximate surface area is 159 Å². The first-order valence-electron chi connectivity index (χ1n) is 9.32. The summed E-state index contributed by atoms with van der Waals surface area (Å²) in [5.74, 6) is 1.18. The molecule has 8 nitrogen and oxygen atoms in total. The van der Waals surface area contributed by atoms with Crippen molar-refractivity contribution in [2.24, 2.45) is 0 Å². The third-order valence-electron chi connectivity index (χ3n) is 4.63. The predicted octanol–water partition coefficient (Wildman–Crippen LogP) is 2.82. The number of hydrogen-bond acceptors (Lipinski definition) is 7. The average Bonchev–Trinajstić information content (AvgIpc) is 2.68. The zero-order valence-corrected chi connectivity index (χ0v) is 15.8. The van der Waals surface area contributed by atoms with Crippen molar-refractivity contribution in [3.05, 3.63) is 41.6 Å². The molecule has 0 saturated carbocycles. The van der Waals surface area contributed by atoms with Crippen LogP contribution >= 0.6 is 0 Å². The number of carbonyl (C=O) groups excluding carboxylic acids is 1. The van der Waals surface area contributed by atoms with E-state index >= 15 is 0 Å². The number of piperidine rings is 1. The number of aryl methyl sites for hydroxylation is 1. The smallest absolute Gasteiger partial charge is 0.409 e. The van der Waals surface area contributed by atoms with E-state index < -0.39 is 0 Å². The first-order valence-corrected chi connectivity index (χ1v) is 9.32. The summed E-state index contributed by atoms with van der Waals surface area (Å²) in [6, 6.07) is 8.44. The Bertz CT molecular complexity index is 761. The fraction of sp³-hybridized carbons (Fsp3) is 0.474. The maximum Gasteiger partial charge on any atom is 0.409 e. The van der Waals surface area contributed by atoms with E-state index in [4.69, 9.17) is 4.74 Å². The second-order valence-corrected chi connectivity index (χ2v) is 6.55. The van der Waals surface area contributed by atoms with Crippen molar-refractivity contribution in [3.63, 3.8) is 0 Å². The SMILES string of the molecule is CCOC(=O)N1CCC(Nc2nncc(NCc3ccccc3C)n2)CC1. The average molecular weight is 370 g/mol. The molecule has 0 atom stereocenters. The number of ether oxygens (including phenoxy) is 1. The Morgan fingerprint density at radius 3 is 2.81 bits per heavy atom. The van der Waals surface area contributed by atoms with Gasteiger partial charge in [-0.2, -0.15) is 10.1 Å². The van der Waals surface area contributed by atoms with Crippen LogP contribution in [0.3, 0.4) is 0 Å². The van der Waals surface area contributed by atoms with Crippen molar-refractivity contribution in [3.8, 4) is 0 Å². The lowest BCUT2D eigenvalue weighted by Gasteiger charge is -2.31. The fourth-order valence-electron chi connectivity index (χ4n) is 3.05. The van der Waals surface area contributed by atoms with Gasteiger partial charge >= 0.3 is 6.09 Å². The summed E-state index contributed by atoms with van der Waals surface area (Å²) < 4.78 is 5.05. The molecule has 1 aromatic carbocycles. The molecule has 8 heteroatoms. The number of aromatic nitrogens is 3. The summed E-state index contributed by atoms with van der Waals surface area (Å²) in [6.45, 7) is 6.31. The first kappa shape index (κ1) is 18.9. The Balaban J connectivity index is 1.51. The lowest BCUT2D eigenvalue weighted by Crippen LogP contribution is -2.42. The van der Waals surface area contributed by atoms with E-state index in [0.29, 0.717) is 38.0 Å². The van der Waals surface area contributed by atoms with Crippen LogP contribution < -0.4 is 10.6 Å². The van der Waals surface area contributed by atoms with Gasteiger partial charge in [0.15, 0.2) is 5.82 Å². The quantitative estimate of drug-likeness (QED) is 0.808. The fourth-order valence-corrected chi connectivity index (χ4v) is 3.05. The molecular formula is C19H26N6O2. The summed E-state index contributed by atoms with van der Waals surface area (Å²) in [5, 5.41) is 14.7. The molecule has 1 saturated heterocycles. The minimum Gasteiger partial charge on any atom is -0.450 e. The van der Waals surface area contributed by atoms with Gasteiger partial charge < -0.3 is 20.3 Å². The number of nitrogens with zero attached hydrogens (tertiary/aromatic N) is 4. The van der Waals surface area contributed by atoms with Gasteiger partial charge in [-0.15, -0.1) is 5.10 Å². The van der Waals surface area contributed by atoms with E-state index in [1.807, 2.05) is 19.1 Å². The zero-order valence-electron chi connectivity index (χ0n) is 15.8. The molecule has 2 aromatic rings. The molecule has 0 aliphatic carbocycles. The van der Waals surface area contributed by atoms with Gasteiger partial charge in [-0.05, 0) is 37.8 Å². The molecule has 1 aromatic heterocycles. The molecule has 1 aliphatic heterocycles. The van der Waals surface area contributed by atoms with Gasteiger partial charge in [0.1, 0.15) is 0 Å². The summed E-state index contributed by atoms with van der Waals surface area (Å²) in [6.07, 6.45) is 3.02. The Morgan fingerprint density at radius 1 is 1.30 bits per heavy atom. The van der Waals surface area contributed by atoms with Crippen molar-refractivity contribution in [2.45, 2.75) is 39.3 Å². The van der Waals surface area contributed by atoms with Crippen molar-refractivity contribution < 1.29 is 9.53 Å². The third-order valence-corrected chi connectivity index (χ3v) is 4.63. The molecule has 2 heterocycles. The molecule has 144 valence electrons. The van der Waals surface area contributed by atoms with Crippen LogP contribution in [0, 0.1) is 6.92 Å². The van der Waals surface area contributed by atoms with Gasteiger partial charge in [0, 0.05) is 25.7 Å². The molecule has 27 heavy (non-hydrogen) atoms. The largest absolute Gasteiger partial charge is 0.450 e. The number of anilines is 2. The Kier molecular flexibility index (Phi) is 6.40. The number of likely N-dealkylation sites (tertiary alicyclic amines) is 1. The van der Waals surface area contributed by atoms with E-state index in [-0.39, 0.29) is 12.1 Å². The molecule has 3 rings (SSSR count). The first-order chi connectivity index (χ1) is 13.2. The number of amides is 1. The highest BCUT2D eigenvalue weighted by atomic mass is 16.6. The van der Waals surface area contributed by atoms with Crippen LogP contribution in [-0.2, 0) is 11.3 Å². The molecule has 0 bridgehead atoms. The van der Waals surface area contributed by atoms with Crippen molar-refractivity contribution in [1.29, 1.82) is 0 Å². The van der Waals surface area contributed by atoms with Crippen LogP contribution in [0.2, 0.25) is 0 Å². The van der Waals surface area contributed by atoms with Crippen LogP contribution in [0.15, 0.2) is 30.5 Å². The standard InChI is InChI=1S/C19H26N6O2/c1-3-27-19(26)25-10-8-16(9-11-25)22-18-23-17(13-21-24-18)20-12-15-7-5-4-6-14(15)2/h4-7,13,16H,3,8-12H2,1-2H3,(H2,20,22,23,24). The predicted molar refractivity (Wildman–Crippen MR) is 104 cm³/mol. The Morgan fingerprint density at radius 2 is 2.07 bits per heavy atom. The Hall–Kier alpha value is -2.90. The van der Waals surface area contributed by atoms with Crippen LogP contribution in [-0.4, -0.2) is 51.9 Å². The van der Waals surface area contributed by atoms with Gasteiger partial charge in [0.2, 0.25) is 5.95 Å². The van der Waals surface area contributed by atoms with Gasteiger partial charge in [-0.25, -0.2) is 4.79 Å². The molecule has 1 aliphatic rings. The van der Waals surface area contributed by atoms with E-state index in [9.17, 15) is 4.79 Å². The highest BCUT2D eigenvalue weighted by Crippen LogP contribution is 2.16. The highest BCUT2D eigenvalue weighted by molar-refractivity contribution is 5.67. The monoisotopic (exact) mass is 370 g/mol. The van der Waals surface area contributed by atoms with Crippen LogP contribution in [0.25, 0.3) is 0 Å². The summed E-state index contributed by atoms with van der Waals surface area (Å²) in [5.41, 5.74) is 2.45. The van der Waals surface area contributed by atoms with E-state index in [1.54, 1.807) is 11.1 Å². The van der Waals surface area contributed by atoms with E-state index in [0.717, 1.165) is 12.8 Å². The number of carbonyl (C=O) groups is 1. The summed E-state index contributed by atoms with van der Waals surface area (Å²) >= 11 is 0. The number of hydrogen-bond donors (Lipinski definition) is 2. The molecule has 1 amide bonds. The molecule has 1 fully saturated rings. The molecule has 0 spiro atoms. The van der Waals surface area contributed by atoms with Crippen molar-refractivity contribution in [2.75, 3.05) is 30.3 Å². The number of nitrogens with one attached hydrogen (secondary N) is 2. The van der Waals surface area contributed by atoms with Gasteiger partial charge in [0.25, 0.3) is 0 Å². The molecule has 0 radical (unpaired) electrons. The van der Waals surface area contributed by atoms with Gasteiger partial charge in [0.05, 0.1) is 12.8 Å². The van der Waals surface area contributed by atoms with Crippen molar-refractivity contribution >= 4 is 17.9 Å². The minimum atomic E-state index is -0.240. The van der Waals surface area contributed by atoms with Crippen molar-refractivity contribution in [1.82, 2.24) is 20.1 Å². The van der Waals surface area contributed by atoms with Crippen LogP contribution in [0.4, 0.5) is 16.6 Å². The molecule has 2 N–H and O–H groups in total. The normalized spacial score (nSPS) is 14.7. The van der Waals surface area contributed by atoms with E-state index in [1.165, 1.54) is 11.1 Å². The van der Waals surface area contributed by atoms with E-state index in [2.05, 4.69) is 44.9 Å². The minimum absolute atomic E-state index is 0.212.